The van der Waals surface area contributed by atoms with E-state index >= 15 is 0 Å². The number of carbonyl (C=O) groups excluding carboxylic acids is 1. The number of morpholine rings is 1. The van der Waals surface area contributed by atoms with Crippen LogP contribution in [0.25, 0.3) is 0 Å². The standard InChI is InChI=1S/C13H23NO2/c1-3-6-13(2,10-15)9-14-7-11-4-5-12(8-14)16-11/h10-12H,3-9H2,1-2H3. The number of nitrogens with zero attached hydrogens (tertiary/aromatic N) is 1. The molecule has 3 unspecified atom stereocenters. The summed E-state index contributed by atoms with van der Waals surface area (Å²) in [4.78, 5) is 13.6. The van der Waals surface area contributed by atoms with E-state index in [2.05, 4.69) is 18.7 Å². The van der Waals surface area contributed by atoms with E-state index < -0.39 is 0 Å². The third-order valence-electron chi connectivity index (χ3n) is 3.81. The second-order valence-electron chi connectivity index (χ2n) is 5.67. The lowest BCUT2D eigenvalue weighted by atomic mass is 9.86. The van der Waals surface area contributed by atoms with Crippen molar-refractivity contribution >= 4 is 6.29 Å². The number of hydrogen-bond acceptors (Lipinski definition) is 3. The van der Waals surface area contributed by atoms with Crippen LogP contribution in [0.5, 0.6) is 0 Å². The molecule has 0 aromatic rings. The van der Waals surface area contributed by atoms with Crippen molar-refractivity contribution in [2.45, 2.75) is 51.7 Å². The molecule has 2 aliphatic rings. The molecule has 0 saturated carbocycles. The summed E-state index contributed by atoms with van der Waals surface area (Å²) in [6.07, 6.45) is 6.47. The molecule has 0 amide bonds. The summed E-state index contributed by atoms with van der Waals surface area (Å²) < 4.78 is 5.81. The van der Waals surface area contributed by atoms with Crippen LogP contribution in [0, 0.1) is 5.41 Å². The first-order valence-electron chi connectivity index (χ1n) is 6.49. The molecule has 0 radical (unpaired) electrons. The van der Waals surface area contributed by atoms with Gasteiger partial charge < -0.3 is 9.53 Å². The van der Waals surface area contributed by atoms with Crippen LogP contribution in [-0.4, -0.2) is 43.0 Å². The molecular formula is C13H23NO2. The topological polar surface area (TPSA) is 29.5 Å². The van der Waals surface area contributed by atoms with Crippen LogP contribution in [0.4, 0.5) is 0 Å². The minimum Gasteiger partial charge on any atom is -0.372 e. The minimum atomic E-state index is -0.161. The molecule has 0 spiro atoms. The van der Waals surface area contributed by atoms with Crippen molar-refractivity contribution in [2.75, 3.05) is 19.6 Å². The molecule has 92 valence electrons. The molecule has 3 nitrogen and oxygen atoms in total. The Morgan fingerprint density at radius 3 is 2.50 bits per heavy atom. The van der Waals surface area contributed by atoms with E-state index in [4.69, 9.17) is 4.74 Å². The Kier molecular flexibility index (Phi) is 3.65. The zero-order chi connectivity index (χ0) is 11.6. The largest absolute Gasteiger partial charge is 0.372 e. The van der Waals surface area contributed by atoms with Gasteiger partial charge in [-0.25, -0.2) is 0 Å². The first-order valence-corrected chi connectivity index (χ1v) is 6.49. The van der Waals surface area contributed by atoms with Crippen LogP contribution in [0.15, 0.2) is 0 Å². The molecule has 0 N–H and O–H groups in total. The lowest BCUT2D eigenvalue weighted by Gasteiger charge is -2.36. The van der Waals surface area contributed by atoms with Gasteiger partial charge in [-0.3, -0.25) is 4.90 Å². The molecule has 2 bridgehead atoms. The van der Waals surface area contributed by atoms with Gasteiger partial charge in [-0.2, -0.15) is 0 Å². The summed E-state index contributed by atoms with van der Waals surface area (Å²) in [5.74, 6) is 0. The van der Waals surface area contributed by atoms with Crippen molar-refractivity contribution in [1.82, 2.24) is 4.90 Å². The van der Waals surface area contributed by atoms with Crippen LogP contribution >= 0.6 is 0 Å². The number of aldehydes is 1. The van der Waals surface area contributed by atoms with E-state index in [1.807, 2.05) is 0 Å². The van der Waals surface area contributed by atoms with Gasteiger partial charge in [-0.05, 0) is 19.3 Å². The fourth-order valence-electron chi connectivity index (χ4n) is 3.09. The third kappa shape index (κ3) is 2.64. The maximum Gasteiger partial charge on any atom is 0.127 e. The van der Waals surface area contributed by atoms with Crippen LogP contribution < -0.4 is 0 Å². The van der Waals surface area contributed by atoms with Crippen molar-refractivity contribution in [3.05, 3.63) is 0 Å². The Bertz CT molecular complexity index is 244. The highest BCUT2D eigenvalue weighted by molar-refractivity contribution is 5.59. The van der Waals surface area contributed by atoms with E-state index in [9.17, 15) is 4.79 Å². The molecule has 3 atom stereocenters. The van der Waals surface area contributed by atoms with Crippen LogP contribution in [0.1, 0.15) is 39.5 Å². The maximum absolute atomic E-state index is 11.2. The van der Waals surface area contributed by atoms with Crippen LogP contribution in [0.2, 0.25) is 0 Å². The number of carbonyl (C=O) groups is 1. The number of rotatable bonds is 5. The minimum absolute atomic E-state index is 0.161. The average molecular weight is 225 g/mol. The second kappa shape index (κ2) is 4.84. The van der Waals surface area contributed by atoms with E-state index in [0.717, 1.165) is 38.8 Å². The Balaban J connectivity index is 1.91. The molecule has 2 heterocycles. The zero-order valence-electron chi connectivity index (χ0n) is 10.4. The first-order chi connectivity index (χ1) is 7.65. The van der Waals surface area contributed by atoms with Gasteiger partial charge in [0.05, 0.1) is 12.2 Å². The smallest absolute Gasteiger partial charge is 0.127 e. The molecule has 0 aliphatic carbocycles. The number of likely N-dealkylation sites (tertiary alicyclic amines) is 1. The molecule has 2 rings (SSSR count). The molecule has 0 aromatic heterocycles. The van der Waals surface area contributed by atoms with Crippen molar-refractivity contribution in [3.8, 4) is 0 Å². The quantitative estimate of drug-likeness (QED) is 0.669. The second-order valence-corrected chi connectivity index (χ2v) is 5.67. The van der Waals surface area contributed by atoms with E-state index in [1.165, 1.54) is 12.8 Å². The maximum atomic E-state index is 11.2. The molecular weight excluding hydrogens is 202 g/mol. The highest BCUT2D eigenvalue weighted by Gasteiger charge is 2.36. The van der Waals surface area contributed by atoms with Gasteiger partial charge in [0.25, 0.3) is 0 Å². The normalized spacial score (nSPS) is 33.6. The molecule has 2 fully saturated rings. The van der Waals surface area contributed by atoms with Gasteiger partial charge in [0.2, 0.25) is 0 Å². The van der Waals surface area contributed by atoms with E-state index in [1.54, 1.807) is 0 Å². The van der Waals surface area contributed by atoms with Crippen molar-refractivity contribution in [1.29, 1.82) is 0 Å². The summed E-state index contributed by atoms with van der Waals surface area (Å²) in [6.45, 7) is 7.17. The molecule has 2 saturated heterocycles. The number of hydrogen-bond donors (Lipinski definition) is 0. The van der Waals surface area contributed by atoms with Gasteiger partial charge in [0.1, 0.15) is 6.29 Å². The fourth-order valence-corrected chi connectivity index (χ4v) is 3.09. The Morgan fingerprint density at radius 1 is 1.38 bits per heavy atom. The average Bonchev–Trinajstić information content (AvgIpc) is 2.58. The van der Waals surface area contributed by atoms with Crippen molar-refractivity contribution < 1.29 is 9.53 Å². The van der Waals surface area contributed by atoms with E-state index in [-0.39, 0.29) is 5.41 Å². The van der Waals surface area contributed by atoms with Crippen LogP contribution in [-0.2, 0) is 9.53 Å². The summed E-state index contributed by atoms with van der Waals surface area (Å²) in [5.41, 5.74) is -0.161. The third-order valence-corrected chi connectivity index (χ3v) is 3.81. The molecule has 3 heteroatoms. The predicted molar refractivity (Wildman–Crippen MR) is 63.4 cm³/mol. The Morgan fingerprint density at radius 2 is 2.00 bits per heavy atom. The number of ether oxygens (including phenoxy) is 1. The SMILES string of the molecule is CCCC(C)(C=O)CN1CC2CCC(C1)O2. The highest BCUT2D eigenvalue weighted by atomic mass is 16.5. The lowest BCUT2D eigenvalue weighted by molar-refractivity contribution is -0.118. The Labute approximate surface area is 98.1 Å². The van der Waals surface area contributed by atoms with Gasteiger partial charge in [0, 0.05) is 25.0 Å². The summed E-state index contributed by atoms with van der Waals surface area (Å²) in [7, 11) is 0. The monoisotopic (exact) mass is 225 g/mol. The molecule has 16 heavy (non-hydrogen) atoms. The van der Waals surface area contributed by atoms with Crippen LogP contribution in [0.3, 0.4) is 0 Å². The highest BCUT2D eigenvalue weighted by Crippen LogP contribution is 2.29. The molecule has 0 aromatic carbocycles. The van der Waals surface area contributed by atoms with Crippen molar-refractivity contribution in [3.63, 3.8) is 0 Å². The zero-order valence-corrected chi connectivity index (χ0v) is 10.4. The Hall–Kier alpha value is -0.410. The molecule has 2 aliphatic heterocycles. The summed E-state index contributed by atoms with van der Waals surface area (Å²) >= 11 is 0. The number of fused-ring (bicyclic) bond motifs is 2. The van der Waals surface area contributed by atoms with E-state index in [0.29, 0.717) is 12.2 Å². The predicted octanol–water partition coefficient (Wildman–Crippen LogP) is 1.85. The summed E-state index contributed by atoms with van der Waals surface area (Å²) in [5, 5.41) is 0. The lowest BCUT2D eigenvalue weighted by Crippen LogP contribution is -2.47. The van der Waals surface area contributed by atoms with Crippen molar-refractivity contribution in [2.24, 2.45) is 5.41 Å². The van der Waals surface area contributed by atoms with Gasteiger partial charge in [-0.15, -0.1) is 0 Å². The fraction of sp³-hybridized carbons (Fsp3) is 0.923. The van der Waals surface area contributed by atoms with Gasteiger partial charge >= 0.3 is 0 Å². The first kappa shape index (κ1) is 12.1. The van der Waals surface area contributed by atoms with Gasteiger partial charge in [-0.1, -0.05) is 20.3 Å². The van der Waals surface area contributed by atoms with Gasteiger partial charge in [0.15, 0.2) is 0 Å². The summed E-state index contributed by atoms with van der Waals surface area (Å²) in [6, 6.07) is 0.